The fourth-order valence-electron chi connectivity index (χ4n) is 1.87. The summed E-state index contributed by atoms with van der Waals surface area (Å²) in [6.45, 7) is 0. The molecule has 0 aliphatic carbocycles. The van der Waals surface area contributed by atoms with Crippen LogP contribution in [0.1, 0.15) is 0 Å². The molecule has 0 spiro atoms. The topological polar surface area (TPSA) is 87.2 Å². The molecule has 0 saturated carbocycles. The first-order valence-electron chi connectivity index (χ1n) is 5.61. The Labute approximate surface area is 125 Å². The van der Waals surface area contributed by atoms with Gasteiger partial charge in [-0.25, -0.2) is 8.42 Å². The molecular formula is C12H14BrN3O3S. The lowest BCUT2D eigenvalue weighted by atomic mass is 10.1. The van der Waals surface area contributed by atoms with Crippen LogP contribution < -0.4 is 10.5 Å². The summed E-state index contributed by atoms with van der Waals surface area (Å²) in [6.07, 6.45) is 2.73. The Bertz CT molecular complexity index is 768. The second-order valence-electron chi connectivity index (χ2n) is 4.33. The highest BCUT2D eigenvalue weighted by Crippen LogP contribution is 2.38. The summed E-state index contributed by atoms with van der Waals surface area (Å²) in [7, 11) is -0.287. The third kappa shape index (κ3) is 2.53. The van der Waals surface area contributed by atoms with Crippen molar-refractivity contribution in [2.24, 2.45) is 7.05 Å². The van der Waals surface area contributed by atoms with Gasteiger partial charge in [0.1, 0.15) is 10.7 Å². The van der Waals surface area contributed by atoms with E-state index < -0.39 is 9.84 Å². The minimum Gasteiger partial charge on any atom is -0.494 e. The van der Waals surface area contributed by atoms with Crippen molar-refractivity contribution in [1.29, 1.82) is 0 Å². The number of aryl methyl sites for hydroxylation is 1. The molecule has 0 radical (unpaired) electrons. The summed E-state index contributed by atoms with van der Waals surface area (Å²) in [4.78, 5) is 0.104. The summed E-state index contributed by atoms with van der Waals surface area (Å²) >= 11 is 3.32. The van der Waals surface area contributed by atoms with Gasteiger partial charge in [0.2, 0.25) is 0 Å². The Morgan fingerprint density at radius 1 is 1.40 bits per heavy atom. The van der Waals surface area contributed by atoms with Crippen molar-refractivity contribution in [2.75, 3.05) is 19.1 Å². The number of hydrogen-bond donors (Lipinski definition) is 1. The zero-order valence-corrected chi connectivity index (χ0v) is 13.6. The zero-order valence-electron chi connectivity index (χ0n) is 11.2. The molecule has 1 aromatic heterocycles. The average molecular weight is 360 g/mol. The number of aromatic nitrogens is 2. The Balaban J connectivity index is 2.75. The SMILES string of the molecule is COc1c(Br)cc(-c2cnn(C)c2N)cc1S(C)(=O)=O. The summed E-state index contributed by atoms with van der Waals surface area (Å²) in [5, 5.41) is 4.05. The van der Waals surface area contributed by atoms with E-state index in [1.54, 1.807) is 19.3 Å². The number of ether oxygens (including phenoxy) is 1. The molecule has 0 saturated heterocycles. The number of nitrogens with zero attached hydrogens (tertiary/aromatic N) is 2. The van der Waals surface area contributed by atoms with Gasteiger partial charge in [-0.1, -0.05) is 0 Å². The first-order chi connectivity index (χ1) is 9.25. The Kier molecular flexibility index (Phi) is 3.79. The summed E-state index contributed by atoms with van der Waals surface area (Å²) < 4.78 is 31.0. The first-order valence-corrected chi connectivity index (χ1v) is 8.29. The number of sulfone groups is 1. The van der Waals surface area contributed by atoms with Crippen molar-refractivity contribution in [1.82, 2.24) is 9.78 Å². The molecular weight excluding hydrogens is 346 g/mol. The van der Waals surface area contributed by atoms with Gasteiger partial charge in [0.15, 0.2) is 15.6 Å². The molecule has 0 atom stereocenters. The number of anilines is 1. The van der Waals surface area contributed by atoms with Gasteiger partial charge in [0, 0.05) is 18.9 Å². The highest BCUT2D eigenvalue weighted by Gasteiger charge is 2.20. The van der Waals surface area contributed by atoms with Crippen LogP contribution in [0.4, 0.5) is 5.82 Å². The maximum absolute atomic E-state index is 11.9. The molecule has 2 rings (SSSR count). The molecule has 2 aromatic rings. The van der Waals surface area contributed by atoms with Crippen molar-refractivity contribution in [3.05, 3.63) is 22.8 Å². The average Bonchev–Trinajstić information content (AvgIpc) is 2.68. The lowest BCUT2D eigenvalue weighted by Gasteiger charge is -2.11. The first kappa shape index (κ1) is 14.9. The number of nitrogens with two attached hydrogens (primary N) is 1. The van der Waals surface area contributed by atoms with Gasteiger partial charge >= 0.3 is 0 Å². The number of nitrogen functional groups attached to an aromatic ring is 1. The third-order valence-electron chi connectivity index (χ3n) is 2.91. The van der Waals surface area contributed by atoms with Crippen LogP contribution in [-0.4, -0.2) is 31.6 Å². The number of methoxy groups -OCH3 is 1. The van der Waals surface area contributed by atoms with Crippen molar-refractivity contribution in [2.45, 2.75) is 4.90 Å². The molecule has 8 heteroatoms. The van der Waals surface area contributed by atoms with E-state index in [2.05, 4.69) is 21.0 Å². The molecule has 0 amide bonds. The maximum Gasteiger partial charge on any atom is 0.179 e. The van der Waals surface area contributed by atoms with Crippen molar-refractivity contribution >= 4 is 31.6 Å². The van der Waals surface area contributed by atoms with Gasteiger partial charge in [-0.2, -0.15) is 5.10 Å². The van der Waals surface area contributed by atoms with Crippen LogP contribution in [0, 0.1) is 0 Å². The lowest BCUT2D eigenvalue weighted by molar-refractivity contribution is 0.400. The summed E-state index contributed by atoms with van der Waals surface area (Å²) in [5.74, 6) is 0.736. The molecule has 0 fully saturated rings. The molecule has 0 unspecified atom stereocenters. The number of halogens is 1. The van der Waals surface area contributed by atoms with Gasteiger partial charge in [-0.15, -0.1) is 0 Å². The fraction of sp³-hybridized carbons (Fsp3) is 0.250. The Hall–Kier alpha value is -1.54. The van der Waals surface area contributed by atoms with E-state index >= 15 is 0 Å². The molecule has 0 aliphatic heterocycles. The summed E-state index contributed by atoms with van der Waals surface area (Å²) in [5.41, 5.74) is 7.24. The molecule has 2 N–H and O–H groups in total. The van der Waals surface area contributed by atoms with Crippen LogP contribution in [0.2, 0.25) is 0 Å². The molecule has 108 valence electrons. The fourth-order valence-corrected chi connectivity index (χ4v) is 3.49. The maximum atomic E-state index is 11.9. The smallest absolute Gasteiger partial charge is 0.179 e. The standard InChI is InChI=1S/C12H14BrN3O3S/c1-16-12(14)8(6-15-16)7-4-9(13)11(19-2)10(5-7)20(3,17)18/h4-6H,14H2,1-3H3. The van der Waals surface area contributed by atoms with Gasteiger partial charge < -0.3 is 10.5 Å². The minimum atomic E-state index is -3.43. The van der Waals surface area contributed by atoms with E-state index in [1.165, 1.54) is 17.9 Å². The van der Waals surface area contributed by atoms with Crippen molar-refractivity contribution in [3.8, 4) is 16.9 Å². The molecule has 20 heavy (non-hydrogen) atoms. The number of rotatable bonds is 3. The summed E-state index contributed by atoms with van der Waals surface area (Å²) in [6, 6.07) is 3.28. The largest absolute Gasteiger partial charge is 0.494 e. The van der Waals surface area contributed by atoms with Gasteiger partial charge in [-0.3, -0.25) is 4.68 Å². The predicted molar refractivity (Wildman–Crippen MR) is 80.4 cm³/mol. The Morgan fingerprint density at radius 2 is 2.05 bits per heavy atom. The quantitative estimate of drug-likeness (QED) is 0.903. The number of hydrogen-bond acceptors (Lipinski definition) is 5. The van der Waals surface area contributed by atoms with E-state index in [-0.39, 0.29) is 10.6 Å². The van der Waals surface area contributed by atoms with Crippen molar-refractivity contribution < 1.29 is 13.2 Å². The van der Waals surface area contributed by atoms with E-state index in [0.29, 0.717) is 21.4 Å². The highest BCUT2D eigenvalue weighted by atomic mass is 79.9. The molecule has 1 aromatic carbocycles. The second kappa shape index (κ2) is 5.10. The third-order valence-corrected chi connectivity index (χ3v) is 4.60. The Morgan fingerprint density at radius 3 is 2.50 bits per heavy atom. The van der Waals surface area contributed by atoms with Crippen LogP contribution in [0.25, 0.3) is 11.1 Å². The highest BCUT2D eigenvalue weighted by molar-refractivity contribution is 9.10. The molecule has 1 heterocycles. The van der Waals surface area contributed by atoms with Crippen LogP contribution in [0.3, 0.4) is 0 Å². The van der Waals surface area contributed by atoms with E-state index in [0.717, 1.165) is 6.26 Å². The molecule has 6 nitrogen and oxygen atoms in total. The lowest BCUT2D eigenvalue weighted by Crippen LogP contribution is -2.02. The van der Waals surface area contributed by atoms with Gasteiger partial charge in [0.05, 0.1) is 17.8 Å². The zero-order chi connectivity index (χ0) is 15.1. The van der Waals surface area contributed by atoms with Crippen molar-refractivity contribution in [3.63, 3.8) is 0 Å². The van der Waals surface area contributed by atoms with E-state index in [1.807, 2.05) is 0 Å². The number of benzene rings is 1. The van der Waals surface area contributed by atoms with Gasteiger partial charge in [-0.05, 0) is 33.6 Å². The minimum absolute atomic E-state index is 0.104. The van der Waals surface area contributed by atoms with E-state index in [9.17, 15) is 8.42 Å². The monoisotopic (exact) mass is 359 g/mol. The normalized spacial score (nSPS) is 11.6. The second-order valence-corrected chi connectivity index (χ2v) is 7.17. The van der Waals surface area contributed by atoms with Crippen LogP contribution in [-0.2, 0) is 16.9 Å². The predicted octanol–water partition coefficient (Wildman–Crippen LogP) is 1.84. The molecule has 0 bridgehead atoms. The van der Waals surface area contributed by atoms with E-state index in [4.69, 9.17) is 10.5 Å². The van der Waals surface area contributed by atoms with Crippen LogP contribution in [0.5, 0.6) is 5.75 Å². The van der Waals surface area contributed by atoms with Gasteiger partial charge in [0.25, 0.3) is 0 Å². The van der Waals surface area contributed by atoms with Crippen LogP contribution >= 0.6 is 15.9 Å². The molecule has 0 aliphatic rings. The van der Waals surface area contributed by atoms with Crippen LogP contribution in [0.15, 0.2) is 27.7 Å².